The number of nitrogen functional groups attached to an aromatic ring is 1. The van der Waals surface area contributed by atoms with Crippen LogP contribution in [0.1, 0.15) is 26.3 Å². The zero-order chi connectivity index (χ0) is 28.3. The van der Waals surface area contributed by atoms with Crippen molar-refractivity contribution in [1.82, 2.24) is 29.8 Å². The zero-order valence-electron chi connectivity index (χ0n) is 21.6. The number of imidazole rings is 1. The second-order valence-electron chi connectivity index (χ2n) is 9.23. The van der Waals surface area contributed by atoms with Crippen LogP contribution in [0.25, 0.3) is 39.5 Å². The molecule has 0 radical (unpaired) electrons. The monoisotopic (exact) mass is 541 g/mol. The van der Waals surface area contributed by atoms with E-state index in [1.54, 1.807) is 18.6 Å². The summed E-state index contributed by atoms with van der Waals surface area (Å²) in [5.74, 6) is 0.413. The maximum absolute atomic E-state index is 12.6. The number of pyridine rings is 3. The van der Waals surface area contributed by atoms with Gasteiger partial charge in [0.1, 0.15) is 17.1 Å². The Kier molecular flexibility index (Phi) is 6.62. The number of benzene rings is 2. The summed E-state index contributed by atoms with van der Waals surface area (Å²) in [6.07, 6.45) is 5.61. The van der Waals surface area contributed by atoms with E-state index in [1.807, 2.05) is 65.2 Å². The van der Waals surface area contributed by atoms with Crippen LogP contribution in [-0.4, -0.2) is 41.8 Å². The molecule has 0 fully saturated rings. The highest BCUT2D eigenvalue weighted by Crippen LogP contribution is 2.31. The van der Waals surface area contributed by atoms with Crippen molar-refractivity contribution in [2.75, 3.05) is 5.73 Å². The maximum atomic E-state index is 12.6. The molecule has 0 aliphatic carbocycles. The van der Waals surface area contributed by atoms with Crippen LogP contribution in [-0.2, 0) is 6.54 Å². The minimum atomic E-state index is -0.362. The fraction of sp³-hybridized carbons (Fsp3) is 0.0323. The number of nitrogens with two attached hydrogens (primary N) is 1. The number of nitrogens with one attached hydrogen (secondary N) is 1. The predicted molar refractivity (Wildman–Crippen MR) is 154 cm³/mol. The smallest absolute Gasteiger partial charge is 0.251 e. The lowest BCUT2D eigenvalue weighted by atomic mass is 10.1. The molecule has 4 aromatic heterocycles. The van der Waals surface area contributed by atoms with E-state index in [-0.39, 0.29) is 29.3 Å². The summed E-state index contributed by atoms with van der Waals surface area (Å²) >= 11 is 0. The van der Waals surface area contributed by atoms with Gasteiger partial charge in [0.25, 0.3) is 5.91 Å². The van der Waals surface area contributed by atoms with E-state index in [2.05, 4.69) is 15.3 Å². The molecule has 0 aliphatic heterocycles. The van der Waals surface area contributed by atoms with Gasteiger partial charge >= 0.3 is 0 Å². The molecule has 0 atom stereocenters. The van der Waals surface area contributed by atoms with E-state index in [4.69, 9.17) is 15.7 Å². The Bertz CT molecular complexity index is 1900. The van der Waals surface area contributed by atoms with Crippen molar-refractivity contribution in [3.05, 3.63) is 114 Å². The molecule has 0 unspecified atom stereocenters. The van der Waals surface area contributed by atoms with Gasteiger partial charge in [-0.3, -0.25) is 19.1 Å². The molecule has 41 heavy (non-hydrogen) atoms. The third-order valence-corrected chi connectivity index (χ3v) is 6.61. The number of aldehydes is 1. The lowest BCUT2D eigenvalue weighted by molar-refractivity contribution is 0.0951. The number of amides is 1. The summed E-state index contributed by atoms with van der Waals surface area (Å²) in [6, 6.07) is 23.1. The fourth-order valence-electron chi connectivity index (χ4n) is 4.50. The number of carbonyl (C=O) groups is 2. The third-order valence-electron chi connectivity index (χ3n) is 6.61. The van der Waals surface area contributed by atoms with Crippen molar-refractivity contribution in [3.63, 3.8) is 0 Å². The first-order valence-corrected chi connectivity index (χ1v) is 12.7. The molecule has 1 amide bonds. The van der Waals surface area contributed by atoms with Crippen LogP contribution < -0.4 is 11.1 Å². The van der Waals surface area contributed by atoms with Gasteiger partial charge in [0.05, 0.1) is 16.8 Å². The zero-order valence-corrected chi connectivity index (χ0v) is 21.6. The summed E-state index contributed by atoms with van der Waals surface area (Å²) in [5, 5.41) is 12.5. The Balaban J connectivity index is 1.35. The molecule has 0 aliphatic rings. The van der Waals surface area contributed by atoms with E-state index in [1.165, 1.54) is 18.2 Å². The van der Waals surface area contributed by atoms with Gasteiger partial charge in [-0.25, -0.2) is 15.0 Å². The average Bonchev–Trinajstić information content (AvgIpc) is 3.39. The highest BCUT2D eigenvalue weighted by atomic mass is 16.3. The number of carbonyl (C=O) groups excluding carboxylic acids is 2. The van der Waals surface area contributed by atoms with Crippen LogP contribution in [0, 0.1) is 0 Å². The molecule has 4 N–H and O–H groups in total. The van der Waals surface area contributed by atoms with E-state index < -0.39 is 0 Å². The van der Waals surface area contributed by atoms with Gasteiger partial charge in [-0.05, 0) is 72.3 Å². The average molecular weight is 542 g/mol. The number of hydrogen-bond acceptors (Lipinski definition) is 8. The third kappa shape index (κ3) is 4.97. The molecule has 0 saturated carbocycles. The summed E-state index contributed by atoms with van der Waals surface area (Å²) in [4.78, 5) is 42.0. The fourth-order valence-corrected chi connectivity index (χ4v) is 4.50. The summed E-state index contributed by atoms with van der Waals surface area (Å²) in [6.45, 7) is 0.257. The molecule has 0 bridgehead atoms. The number of phenolic OH excluding ortho intramolecular Hbond substituents is 1. The van der Waals surface area contributed by atoms with Gasteiger partial charge in [-0.15, -0.1) is 0 Å². The van der Waals surface area contributed by atoms with E-state index >= 15 is 0 Å². The molecule has 10 heteroatoms. The van der Waals surface area contributed by atoms with Gasteiger partial charge in [0, 0.05) is 41.9 Å². The molecule has 6 aromatic rings. The second-order valence-corrected chi connectivity index (χ2v) is 9.23. The summed E-state index contributed by atoms with van der Waals surface area (Å²) < 4.78 is 1.93. The number of nitrogens with zero attached hydrogens (tertiary/aromatic N) is 5. The second kappa shape index (κ2) is 10.7. The Labute approximate surface area is 234 Å². The summed E-state index contributed by atoms with van der Waals surface area (Å²) in [5.41, 5.74) is 11.9. The molecular formula is C31H23N7O3. The van der Waals surface area contributed by atoms with Crippen molar-refractivity contribution in [2.45, 2.75) is 6.54 Å². The molecule has 0 spiro atoms. The highest BCUT2D eigenvalue weighted by Gasteiger charge is 2.19. The van der Waals surface area contributed by atoms with Crippen molar-refractivity contribution in [2.24, 2.45) is 0 Å². The minimum absolute atomic E-state index is 0.0555. The normalized spacial score (nSPS) is 10.9. The predicted octanol–water partition coefficient (Wildman–Crippen LogP) is 4.57. The number of aromatic hydroxyl groups is 1. The van der Waals surface area contributed by atoms with Crippen LogP contribution in [0.4, 0.5) is 5.82 Å². The maximum Gasteiger partial charge on any atom is 0.251 e. The number of aromatic nitrogens is 5. The largest absolute Gasteiger partial charge is 0.507 e. The Hall–Kier alpha value is -5.90. The number of rotatable bonds is 7. The quantitative estimate of drug-likeness (QED) is 0.249. The Morgan fingerprint density at radius 1 is 0.976 bits per heavy atom. The lowest BCUT2D eigenvalue weighted by Gasteiger charge is -2.12. The molecular weight excluding hydrogens is 518 g/mol. The number of fused-ring (bicyclic) bond motifs is 1. The first-order valence-electron chi connectivity index (χ1n) is 12.7. The number of phenols is 1. The van der Waals surface area contributed by atoms with Gasteiger partial charge in [0.15, 0.2) is 17.8 Å². The van der Waals surface area contributed by atoms with Gasteiger partial charge in [0.2, 0.25) is 0 Å². The topological polar surface area (TPSA) is 149 Å². The molecule has 10 nitrogen and oxygen atoms in total. The van der Waals surface area contributed by atoms with Crippen molar-refractivity contribution in [1.29, 1.82) is 0 Å². The highest BCUT2D eigenvalue weighted by molar-refractivity contribution is 5.96. The van der Waals surface area contributed by atoms with Crippen molar-refractivity contribution in [3.8, 4) is 34.1 Å². The van der Waals surface area contributed by atoms with Crippen molar-refractivity contribution < 1.29 is 14.7 Å². The van der Waals surface area contributed by atoms with Crippen LogP contribution in [0.3, 0.4) is 0 Å². The first-order chi connectivity index (χ1) is 20.0. The lowest BCUT2D eigenvalue weighted by Crippen LogP contribution is -2.22. The van der Waals surface area contributed by atoms with Gasteiger partial charge in [-0.1, -0.05) is 12.1 Å². The van der Waals surface area contributed by atoms with Crippen molar-refractivity contribution >= 4 is 29.2 Å². The summed E-state index contributed by atoms with van der Waals surface area (Å²) in [7, 11) is 0. The molecule has 0 saturated heterocycles. The Morgan fingerprint density at radius 2 is 1.80 bits per heavy atom. The van der Waals surface area contributed by atoms with Crippen LogP contribution in [0.15, 0.2) is 97.5 Å². The van der Waals surface area contributed by atoms with Crippen LogP contribution in [0.2, 0.25) is 0 Å². The van der Waals surface area contributed by atoms with Gasteiger partial charge < -0.3 is 16.2 Å². The minimum Gasteiger partial charge on any atom is -0.507 e. The number of anilines is 1. The van der Waals surface area contributed by atoms with Gasteiger partial charge in [-0.2, -0.15) is 0 Å². The van der Waals surface area contributed by atoms with E-state index in [0.717, 1.165) is 22.5 Å². The molecule has 200 valence electrons. The first kappa shape index (κ1) is 25.4. The molecule has 6 rings (SSSR count). The molecule has 2 aromatic carbocycles. The number of hydrogen-bond donors (Lipinski definition) is 3. The molecule has 4 heterocycles. The van der Waals surface area contributed by atoms with Crippen LogP contribution in [0.5, 0.6) is 5.75 Å². The Morgan fingerprint density at radius 3 is 2.56 bits per heavy atom. The van der Waals surface area contributed by atoms with Crippen LogP contribution >= 0.6 is 0 Å². The SMILES string of the molecule is Nc1ncccc1-c1nc2ccc(-c3cccnc3)nc2n1-c1ccc(CNC(=O)c2ccc(O)c(C=O)c2)cc1. The van der Waals surface area contributed by atoms with E-state index in [9.17, 15) is 14.7 Å². The van der Waals surface area contributed by atoms with E-state index in [0.29, 0.717) is 34.7 Å². The standard InChI is InChI=1S/C31H23N7O3/c32-28-24(4-2-14-34-28)29-37-26-11-10-25(21-3-1-13-33-17-21)36-30(26)38(29)23-8-5-19(6-9-23)16-35-31(41)20-7-12-27(40)22(15-20)18-39/h1-15,17-18,40H,16H2,(H2,32,34)(H,35,41).